The molecule has 0 aromatic carbocycles. The minimum absolute atomic E-state index is 0.00769. The maximum Gasteiger partial charge on any atom is 0.141 e. The molecule has 2 aromatic rings. The summed E-state index contributed by atoms with van der Waals surface area (Å²) >= 11 is 0. The lowest BCUT2D eigenvalue weighted by atomic mass is 10.1. The third kappa shape index (κ3) is 2.60. The van der Waals surface area contributed by atoms with Crippen molar-refractivity contribution in [3.05, 3.63) is 42.0 Å². The Bertz CT molecular complexity index is 442. The van der Waals surface area contributed by atoms with Gasteiger partial charge in [0, 0.05) is 12.2 Å². The number of aromatic amines is 1. The lowest BCUT2D eigenvalue weighted by molar-refractivity contribution is 0.549. The Morgan fingerprint density at radius 2 is 2.38 bits per heavy atom. The number of nitrogens with one attached hydrogen (secondary N) is 2. The molecular formula is C10H12FN5. The molecule has 2 N–H and O–H groups in total. The van der Waals surface area contributed by atoms with Gasteiger partial charge in [-0.15, -0.1) is 0 Å². The highest BCUT2D eigenvalue weighted by Crippen LogP contribution is 2.11. The van der Waals surface area contributed by atoms with E-state index in [9.17, 15) is 4.39 Å². The number of pyridine rings is 1. The fourth-order valence-corrected chi connectivity index (χ4v) is 1.35. The van der Waals surface area contributed by atoms with Crippen molar-refractivity contribution < 1.29 is 4.39 Å². The van der Waals surface area contributed by atoms with Crippen LogP contribution in [0.2, 0.25) is 0 Å². The first kappa shape index (κ1) is 10.7. The Morgan fingerprint density at radius 1 is 1.50 bits per heavy atom. The maximum atomic E-state index is 12.9. The molecule has 1 unspecified atom stereocenters. The Kier molecular flexibility index (Phi) is 3.21. The summed E-state index contributed by atoms with van der Waals surface area (Å²) < 4.78 is 12.9. The van der Waals surface area contributed by atoms with Gasteiger partial charge in [-0.25, -0.2) is 9.37 Å². The van der Waals surface area contributed by atoms with Gasteiger partial charge in [-0.1, -0.05) is 0 Å². The second kappa shape index (κ2) is 4.80. The van der Waals surface area contributed by atoms with E-state index in [1.165, 1.54) is 18.6 Å². The molecule has 84 valence electrons. The van der Waals surface area contributed by atoms with Crippen molar-refractivity contribution in [3.63, 3.8) is 0 Å². The van der Waals surface area contributed by atoms with Crippen LogP contribution in [-0.4, -0.2) is 20.2 Å². The van der Waals surface area contributed by atoms with E-state index in [1.54, 1.807) is 6.20 Å². The minimum Gasteiger partial charge on any atom is -0.303 e. The van der Waals surface area contributed by atoms with Gasteiger partial charge in [0.05, 0.1) is 12.7 Å². The third-order valence-electron chi connectivity index (χ3n) is 2.27. The molecule has 0 amide bonds. The second-order valence-corrected chi connectivity index (χ2v) is 3.47. The minimum atomic E-state index is -0.328. The SMILES string of the molecule is CC(NCc1ncn[nH]1)c1cncc(F)c1. The maximum absolute atomic E-state index is 12.9. The molecular weight excluding hydrogens is 209 g/mol. The van der Waals surface area contributed by atoms with Crippen LogP contribution in [0.1, 0.15) is 24.4 Å². The van der Waals surface area contributed by atoms with Crippen LogP contribution in [0.3, 0.4) is 0 Å². The summed E-state index contributed by atoms with van der Waals surface area (Å²) in [4.78, 5) is 7.78. The topological polar surface area (TPSA) is 66.5 Å². The van der Waals surface area contributed by atoms with Crippen molar-refractivity contribution in [3.8, 4) is 0 Å². The summed E-state index contributed by atoms with van der Waals surface area (Å²) in [7, 11) is 0. The first-order chi connectivity index (χ1) is 7.75. The third-order valence-corrected chi connectivity index (χ3v) is 2.27. The van der Waals surface area contributed by atoms with Crippen LogP contribution in [0.15, 0.2) is 24.8 Å². The molecule has 5 nitrogen and oxygen atoms in total. The van der Waals surface area contributed by atoms with Gasteiger partial charge < -0.3 is 5.32 Å². The van der Waals surface area contributed by atoms with Gasteiger partial charge in [-0.2, -0.15) is 5.10 Å². The molecule has 2 heterocycles. The molecule has 0 radical (unpaired) electrons. The van der Waals surface area contributed by atoms with E-state index >= 15 is 0 Å². The van der Waals surface area contributed by atoms with Crippen molar-refractivity contribution in [2.45, 2.75) is 19.5 Å². The standard InChI is InChI=1S/C10H12FN5/c1-7(8-2-9(11)4-12-3-8)13-5-10-14-6-15-16-10/h2-4,6-7,13H,5H2,1H3,(H,14,15,16). The first-order valence-electron chi connectivity index (χ1n) is 4.94. The van der Waals surface area contributed by atoms with Gasteiger partial charge in [0.2, 0.25) is 0 Å². The van der Waals surface area contributed by atoms with Crippen LogP contribution >= 0.6 is 0 Å². The van der Waals surface area contributed by atoms with Gasteiger partial charge >= 0.3 is 0 Å². The van der Waals surface area contributed by atoms with Crippen molar-refractivity contribution in [1.82, 2.24) is 25.5 Å². The first-order valence-corrected chi connectivity index (χ1v) is 4.94. The number of H-pyrrole nitrogens is 1. The van der Waals surface area contributed by atoms with Crippen LogP contribution in [0, 0.1) is 5.82 Å². The summed E-state index contributed by atoms with van der Waals surface area (Å²) in [6, 6.07) is 1.47. The van der Waals surface area contributed by atoms with Crippen LogP contribution in [0.4, 0.5) is 4.39 Å². The van der Waals surface area contributed by atoms with E-state index in [4.69, 9.17) is 0 Å². The van der Waals surface area contributed by atoms with Crippen molar-refractivity contribution in [2.24, 2.45) is 0 Å². The van der Waals surface area contributed by atoms with Gasteiger partial charge in [0.1, 0.15) is 18.0 Å². The molecule has 0 fully saturated rings. The van der Waals surface area contributed by atoms with Crippen LogP contribution in [0.25, 0.3) is 0 Å². The number of aromatic nitrogens is 4. The molecule has 0 aliphatic carbocycles. The molecule has 0 aliphatic rings. The van der Waals surface area contributed by atoms with Gasteiger partial charge in [0.15, 0.2) is 0 Å². The zero-order valence-corrected chi connectivity index (χ0v) is 8.81. The Morgan fingerprint density at radius 3 is 3.06 bits per heavy atom. The molecule has 0 saturated heterocycles. The Balaban J connectivity index is 1.95. The van der Waals surface area contributed by atoms with E-state index in [0.717, 1.165) is 11.4 Å². The zero-order valence-electron chi connectivity index (χ0n) is 8.81. The van der Waals surface area contributed by atoms with Crippen LogP contribution < -0.4 is 5.32 Å². The molecule has 0 saturated carbocycles. The van der Waals surface area contributed by atoms with Gasteiger partial charge in [-0.05, 0) is 18.6 Å². The van der Waals surface area contributed by atoms with E-state index in [2.05, 4.69) is 25.5 Å². The van der Waals surface area contributed by atoms with Crippen LogP contribution in [-0.2, 0) is 6.54 Å². The van der Waals surface area contributed by atoms with E-state index in [1.807, 2.05) is 6.92 Å². The summed E-state index contributed by atoms with van der Waals surface area (Å²) in [5.74, 6) is 0.419. The predicted molar refractivity (Wildman–Crippen MR) is 55.8 cm³/mol. The molecule has 16 heavy (non-hydrogen) atoms. The Labute approximate surface area is 92.1 Å². The van der Waals surface area contributed by atoms with Gasteiger partial charge in [-0.3, -0.25) is 10.1 Å². The average Bonchev–Trinajstić information content (AvgIpc) is 2.78. The summed E-state index contributed by atoms with van der Waals surface area (Å²) in [5.41, 5.74) is 0.805. The smallest absolute Gasteiger partial charge is 0.141 e. The highest BCUT2D eigenvalue weighted by atomic mass is 19.1. The lowest BCUT2D eigenvalue weighted by Gasteiger charge is -2.12. The normalized spacial score (nSPS) is 12.6. The Hall–Kier alpha value is -1.82. The summed E-state index contributed by atoms with van der Waals surface area (Å²) in [5, 5.41) is 9.67. The number of rotatable bonds is 4. The monoisotopic (exact) mass is 221 g/mol. The van der Waals surface area contributed by atoms with Gasteiger partial charge in [0.25, 0.3) is 0 Å². The average molecular weight is 221 g/mol. The fraction of sp³-hybridized carbons (Fsp3) is 0.300. The van der Waals surface area contributed by atoms with E-state index in [0.29, 0.717) is 6.54 Å². The quantitative estimate of drug-likeness (QED) is 0.813. The van der Waals surface area contributed by atoms with E-state index in [-0.39, 0.29) is 11.9 Å². The fourth-order valence-electron chi connectivity index (χ4n) is 1.35. The molecule has 0 aliphatic heterocycles. The summed E-state index contributed by atoms with van der Waals surface area (Å²) in [6.45, 7) is 2.49. The highest BCUT2D eigenvalue weighted by molar-refractivity contribution is 5.14. The second-order valence-electron chi connectivity index (χ2n) is 3.47. The molecule has 6 heteroatoms. The molecule has 0 spiro atoms. The lowest BCUT2D eigenvalue weighted by Crippen LogP contribution is -2.19. The number of hydrogen-bond acceptors (Lipinski definition) is 4. The zero-order chi connectivity index (χ0) is 11.4. The highest BCUT2D eigenvalue weighted by Gasteiger charge is 2.06. The van der Waals surface area contributed by atoms with Crippen molar-refractivity contribution in [1.29, 1.82) is 0 Å². The number of hydrogen-bond donors (Lipinski definition) is 2. The molecule has 0 bridgehead atoms. The summed E-state index contributed by atoms with van der Waals surface area (Å²) in [6.07, 6.45) is 4.28. The number of nitrogens with zero attached hydrogens (tertiary/aromatic N) is 3. The molecule has 2 rings (SSSR count). The largest absolute Gasteiger partial charge is 0.303 e. The molecule has 2 aromatic heterocycles. The molecule has 1 atom stereocenters. The van der Waals surface area contributed by atoms with Crippen LogP contribution in [0.5, 0.6) is 0 Å². The number of halogens is 1. The predicted octanol–water partition coefficient (Wildman–Crippen LogP) is 1.19. The van der Waals surface area contributed by atoms with Crippen molar-refractivity contribution in [2.75, 3.05) is 0 Å². The van der Waals surface area contributed by atoms with Crippen molar-refractivity contribution >= 4 is 0 Å². The van der Waals surface area contributed by atoms with E-state index < -0.39 is 0 Å².